The van der Waals surface area contributed by atoms with E-state index in [1.54, 1.807) is 13.0 Å². The molecule has 2 atom stereocenters. The molecule has 4 nitrogen and oxygen atoms in total. The summed E-state index contributed by atoms with van der Waals surface area (Å²) in [6, 6.07) is 0. The summed E-state index contributed by atoms with van der Waals surface area (Å²) in [6.07, 6.45) is 19.9. The zero-order valence-corrected chi connectivity index (χ0v) is 18.2. The number of hydrogen-bond acceptors (Lipinski definition) is 3. The molecule has 0 heterocycles. The molecule has 0 aromatic heterocycles. The van der Waals surface area contributed by atoms with Crippen LogP contribution in [-0.2, 0) is 14.4 Å². The molecule has 0 aromatic rings. The highest BCUT2D eigenvalue weighted by Crippen LogP contribution is 2.21. The van der Waals surface area contributed by atoms with Crippen molar-refractivity contribution in [2.24, 2.45) is 11.8 Å². The van der Waals surface area contributed by atoms with Crippen LogP contribution in [0.4, 0.5) is 0 Å². The molecule has 4 heteroatoms. The van der Waals surface area contributed by atoms with Crippen molar-refractivity contribution < 1.29 is 19.5 Å². The average molecular weight is 395 g/mol. The Labute approximate surface area is 172 Å². The van der Waals surface area contributed by atoms with Gasteiger partial charge >= 0.3 is 5.97 Å². The van der Waals surface area contributed by atoms with Crippen molar-refractivity contribution in [3.8, 4) is 0 Å². The number of carbonyl (C=O) groups excluding carboxylic acids is 2. The van der Waals surface area contributed by atoms with E-state index in [2.05, 4.69) is 6.92 Å². The van der Waals surface area contributed by atoms with E-state index in [9.17, 15) is 14.4 Å². The molecule has 0 radical (unpaired) electrons. The average Bonchev–Trinajstić information content (AvgIpc) is 2.69. The van der Waals surface area contributed by atoms with Crippen LogP contribution in [0.1, 0.15) is 110 Å². The van der Waals surface area contributed by atoms with Gasteiger partial charge in [0, 0.05) is 17.4 Å². The van der Waals surface area contributed by atoms with Crippen LogP contribution in [0.3, 0.4) is 0 Å². The van der Waals surface area contributed by atoms with Gasteiger partial charge in [-0.25, -0.2) is 4.79 Å². The molecule has 0 bridgehead atoms. The fraction of sp³-hybridized carbons (Fsp3) is 0.792. The summed E-state index contributed by atoms with van der Waals surface area (Å²) < 4.78 is 0. The second-order valence-electron chi connectivity index (χ2n) is 8.11. The molecule has 0 aliphatic carbocycles. The largest absolute Gasteiger partial charge is 0.478 e. The Morgan fingerprint density at radius 3 is 1.68 bits per heavy atom. The molecule has 1 N–H and O–H groups in total. The molecule has 2 unspecified atom stereocenters. The van der Waals surface area contributed by atoms with Crippen LogP contribution >= 0.6 is 0 Å². The summed E-state index contributed by atoms with van der Waals surface area (Å²) in [6.45, 7) is 3.82. The minimum absolute atomic E-state index is 0.0993. The van der Waals surface area contributed by atoms with E-state index in [-0.39, 0.29) is 11.8 Å². The highest BCUT2D eigenvalue weighted by atomic mass is 16.4. The predicted molar refractivity (Wildman–Crippen MR) is 115 cm³/mol. The van der Waals surface area contributed by atoms with Crippen molar-refractivity contribution in [3.05, 3.63) is 11.6 Å². The van der Waals surface area contributed by atoms with Gasteiger partial charge in [-0.2, -0.15) is 0 Å². The van der Waals surface area contributed by atoms with Crippen LogP contribution in [-0.4, -0.2) is 23.6 Å². The van der Waals surface area contributed by atoms with Crippen LogP contribution in [0.2, 0.25) is 0 Å². The number of unbranched alkanes of at least 4 members (excludes halogenated alkanes) is 9. The number of allylic oxidation sites excluding steroid dienone is 1. The first-order valence-electron chi connectivity index (χ1n) is 11.4. The maximum Gasteiger partial charge on any atom is 0.330 e. The monoisotopic (exact) mass is 394 g/mol. The second-order valence-corrected chi connectivity index (χ2v) is 8.11. The van der Waals surface area contributed by atoms with E-state index < -0.39 is 5.97 Å². The Hall–Kier alpha value is -1.45. The fourth-order valence-electron chi connectivity index (χ4n) is 3.49. The van der Waals surface area contributed by atoms with E-state index in [1.807, 2.05) is 0 Å². The molecule has 0 rings (SSSR count). The van der Waals surface area contributed by atoms with Gasteiger partial charge in [-0.15, -0.1) is 0 Å². The van der Waals surface area contributed by atoms with Crippen LogP contribution in [0.25, 0.3) is 0 Å². The fourth-order valence-corrected chi connectivity index (χ4v) is 3.49. The van der Waals surface area contributed by atoms with Gasteiger partial charge in [-0.05, 0) is 45.4 Å². The van der Waals surface area contributed by atoms with Crippen LogP contribution in [0.5, 0.6) is 0 Å². The normalized spacial score (nSPS) is 13.9. The zero-order chi connectivity index (χ0) is 21.0. The van der Waals surface area contributed by atoms with Gasteiger partial charge in [-0.3, -0.25) is 0 Å². The van der Waals surface area contributed by atoms with E-state index >= 15 is 0 Å². The van der Waals surface area contributed by atoms with Crippen molar-refractivity contribution in [2.45, 2.75) is 110 Å². The Bertz CT molecular complexity index is 442. The molecule has 28 heavy (non-hydrogen) atoms. The van der Waals surface area contributed by atoms with E-state index in [0.29, 0.717) is 5.57 Å². The molecule has 0 aliphatic heterocycles. The predicted octanol–water partition coefficient (Wildman–Crippen LogP) is 6.52. The van der Waals surface area contributed by atoms with Crippen LogP contribution < -0.4 is 0 Å². The summed E-state index contributed by atoms with van der Waals surface area (Å²) in [4.78, 5) is 33.2. The number of rotatable bonds is 20. The van der Waals surface area contributed by atoms with Crippen molar-refractivity contribution in [1.82, 2.24) is 0 Å². The maximum absolute atomic E-state index is 11.3. The molecular formula is C24H42O4. The molecule has 0 aromatic carbocycles. The van der Waals surface area contributed by atoms with Gasteiger partial charge in [0.25, 0.3) is 0 Å². The molecule has 0 amide bonds. The molecule has 0 fully saturated rings. The third kappa shape index (κ3) is 15.6. The summed E-state index contributed by atoms with van der Waals surface area (Å²) in [5, 5.41) is 8.78. The highest BCUT2D eigenvalue weighted by Gasteiger charge is 2.12. The molecule has 0 saturated heterocycles. The first-order chi connectivity index (χ1) is 13.5. The van der Waals surface area contributed by atoms with E-state index in [4.69, 9.17) is 5.11 Å². The smallest absolute Gasteiger partial charge is 0.330 e. The third-order valence-corrected chi connectivity index (χ3v) is 5.54. The molecular weight excluding hydrogens is 352 g/mol. The van der Waals surface area contributed by atoms with E-state index in [0.717, 1.165) is 83.2 Å². The topological polar surface area (TPSA) is 71.4 Å². The maximum atomic E-state index is 11.3. The Morgan fingerprint density at radius 1 is 0.750 bits per heavy atom. The number of carbonyl (C=O) groups is 3. The van der Waals surface area contributed by atoms with Gasteiger partial charge in [0.2, 0.25) is 0 Å². The van der Waals surface area contributed by atoms with Gasteiger partial charge in [0.15, 0.2) is 0 Å². The van der Waals surface area contributed by atoms with Crippen molar-refractivity contribution >= 4 is 18.5 Å². The first kappa shape index (κ1) is 26.6. The zero-order valence-electron chi connectivity index (χ0n) is 18.2. The number of carboxylic acids is 1. The number of carboxylic acid groups (broad SMARTS) is 1. The van der Waals surface area contributed by atoms with Gasteiger partial charge in [0.05, 0.1) is 0 Å². The Balaban J connectivity index is 3.71. The highest BCUT2D eigenvalue weighted by molar-refractivity contribution is 5.85. The first-order valence-corrected chi connectivity index (χ1v) is 11.4. The molecule has 0 saturated carbocycles. The minimum Gasteiger partial charge on any atom is -0.478 e. The van der Waals surface area contributed by atoms with Crippen molar-refractivity contribution in [2.75, 3.05) is 0 Å². The van der Waals surface area contributed by atoms with Gasteiger partial charge < -0.3 is 14.7 Å². The number of aldehydes is 2. The van der Waals surface area contributed by atoms with Crippen molar-refractivity contribution in [1.29, 1.82) is 0 Å². The lowest BCUT2D eigenvalue weighted by molar-refractivity contribution is -0.132. The molecule has 0 aliphatic rings. The quantitative estimate of drug-likeness (QED) is 0.145. The summed E-state index contributed by atoms with van der Waals surface area (Å²) in [5.74, 6) is -0.610. The lowest BCUT2D eigenvalue weighted by Gasteiger charge is -2.14. The standard InChI is InChI=1S/C24H42O4/c1-3-4-5-12-15-22(19-25)17-18-23(20-26)16-13-10-8-6-7-9-11-14-21(2)24(27)28/h14,19-20,22-23H,3-13,15-18H2,1-2H3,(H,27,28). The lowest BCUT2D eigenvalue weighted by Crippen LogP contribution is -2.08. The van der Waals surface area contributed by atoms with E-state index in [1.165, 1.54) is 25.7 Å². The Kier molecular flexibility index (Phi) is 17.9. The Morgan fingerprint density at radius 2 is 1.21 bits per heavy atom. The number of aliphatic carboxylic acids is 1. The van der Waals surface area contributed by atoms with Crippen molar-refractivity contribution in [3.63, 3.8) is 0 Å². The summed E-state index contributed by atoms with van der Waals surface area (Å²) in [5.41, 5.74) is 0.428. The SMILES string of the molecule is CCCCCCC(C=O)CCC(C=O)CCCCCCCCC=C(C)C(=O)O. The van der Waals surface area contributed by atoms with Crippen LogP contribution in [0, 0.1) is 11.8 Å². The summed E-state index contributed by atoms with van der Waals surface area (Å²) >= 11 is 0. The molecule has 0 spiro atoms. The number of hydrogen-bond donors (Lipinski definition) is 1. The second kappa shape index (κ2) is 18.9. The minimum atomic E-state index is -0.833. The lowest BCUT2D eigenvalue weighted by atomic mass is 9.90. The third-order valence-electron chi connectivity index (χ3n) is 5.54. The van der Waals surface area contributed by atoms with Gasteiger partial charge in [-0.1, -0.05) is 70.8 Å². The van der Waals surface area contributed by atoms with Gasteiger partial charge in [0.1, 0.15) is 12.6 Å². The summed E-state index contributed by atoms with van der Waals surface area (Å²) in [7, 11) is 0. The van der Waals surface area contributed by atoms with Crippen LogP contribution in [0.15, 0.2) is 11.6 Å². The molecule has 162 valence electrons.